The lowest BCUT2D eigenvalue weighted by atomic mass is 9.70. The van der Waals surface area contributed by atoms with Gasteiger partial charge in [-0.25, -0.2) is 0 Å². The summed E-state index contributed by atoms with van der Waals surface area (Å²) in [6.07, 6.45) is 0. The third-order valence-electron chi connectivity index (χ3n) is 15.5. The largest absolute Gasteiger partial charge is 0.456 e. The molecule has 0 aliphatic heterocycles. The highest BCUT2D eigenvalue weighted by atomic mass is 16.3. The summed E-state index contributed by atoms with van der Waals surface area (Å²) < 4.78 is 13.7. The SMILES string of the molecule is CC1(C)c2ccccc2-c2ccc(N(c3cccc4c3-c3ccccc3C43c4ccccc4-c4ccccc43)c3cccc4oc5cc6c(cc5c34)oc3cccc(-c4ccccc4)c36)cc21. The zero-order valence-corrected chi connectivity index (χ0v) is 37.0. The molecule has 3 aliphatic rings. The standard InChI is InChI=1S/C64H41NO2/c1-63(2)48-24-10-6-19-41(48)44-34-33-39(35-53(44)63)65(54-29-15-28-52-61(54)45-22-9-13-27-51(45)64(52)49-25-11-7-20-42(49)43-21-8-12-26-50(43)64)55-30-16-32-57-62(55)47-37-58-46(36-59(47)67-57)60-40(23-14-31-56(60)66-58)38-17-4-3-5-18-38/h3-37H,1-2H3. The highest BCUT2D eigenvalue weighted by Crippen LogP contribution is 2.65. The second kappa shape index (κ2) is 13.1. The highest BCUT2D eigenvalue weighted by Gasteiger charge is 2.52. The smallest absolute Gasteiger partial charge is 0.137 e. The first-order valence-electron chi connectivity index (χ1n) is 23.3. The van der Waals surface area contributed by atoms with Gasteiger partial charge in [0, 0.05) is 32.8 Å². The summed E-state index contributed by atoms with van der Waals surface area (Å²) in [7, 11) is 0. The molecule has 0 saturated carbocycles. The number of hydrogen-bond donors (Lipinski definition) is 0. The molecule has 0 N–H and O–H groups in total. The maximum atomic E-state index is 6.97. The van der Waals surface area contributed by atoms with Crippen molar-refractivity contribution in [2.75, 3.05) is 4.90 Å². The molecule has 3 heteroatoms. The number of furan rings is 2. The number of anilines is 3. The molecular formula is C64H41NO2. The zero-order valence-electron chi connectivity index (χ0n) is 37.0. The van der Waals surface area contributed by atoms with Gasteiger partial charge >= 0.3 is 0 Å². The van der Waals surface area contributed by atoms with Gasteiger partial charge in [0.05, 0.1) is 22.2 Å². The van der Waals surface area contributed by atoms with Crippen LogP contribution in [0.5, 0.6) is 0 Å². The third kappa shape index (κ3) is 4.70. The third-order valence-corrected chi connectivity index (χ3v) is 15.5. The van der Waals surface area contributed by atoms with Crippen LogP contribution in [0.4, 0.5) is 17.1 Å². The van der Waals surface area contributed by atoms with E-state index in [-0.39, 0.29) is 5.41 Å². The van der Waals surface area contributed by atoms with E-state index in [1.54, 1.807) is 0 Å². The maximum absolute atomic E-state index is 6.97. The fourth-order valence-corrected chi connectivity index (χ4v) is 12.7. The molecule has 2 aromatic heterocycles. The Morgan fingerprint density at radius 1 is 0.343 bits per heavy atom. The molecule has 10 aromatic carbocycles. The van der Waals surface area contributed by atoms with E-state index in [4.69, 9.17) is 8.83 Å². The lowest BCUT2D eigenvalue weighted by molar-refractivity contribution is 0.660. The van der Waals surface area contributed by atoms with Crippen molar-refractivity contribution in [1.82, 2.24) is 0 Å². The fourth-order valence-electron chi connectivity index (χ4n) is 12.7. The summed E-state index contributed by atoms with van der Waals surface area (Å²) in [4.78, 5) is 2.52. The number of benzene rings is 10. The Morgan fingerprint density at radius 2 is 0.836 bits per heavy atom. The van der Waals surface area contributed by atoms with E-state index in [9.17, 15) is 0 Å². The van der Waals surface area contributed by atoms with Gasteiger partial charge in [0.15, 0.2) is 0 Å². The molecule has 0 radical (unpaired) electrons. The summed E-state index contributed by atoms with van der Waals surface area (Å²) in [5.74, 6) is 0. The molecule has 0 fully saturated rings. The average Bonchev–Trinajstić information content (AvgIpc) is 4.15. The number of fused-ring (bicyclic) bond motifs is 19. The molecule has 0 bridgehead atoms. The van der Waals surface area contributed by atoms with Crippen molar-refractivity contribution in [2.24, 2.45) is 0 Å². The highest BCUT2D eigenvalue weighted by molar-refractivity contribution is 6.21. The van der Waals surface area contributed by atoms with Gasteiger partial charge in [0.2, 0.25) is 0 Å². The van der Waals surface area contributed by atoms with Gasteiger partial charge in [-0.2, -0.15) is 0 Å². The minimum absolute atomic E-state index is 0.194. The van der Waals surface area contributed by atoms with Crippen molar-refractivity contribution in [3.8, 4) is 44.5 Å². The minimum Gasteiger partial charge on any atom is -0.456 e. The predicted octanol–water partition coefficient (Wildman–Crippen LogP) is 17.3. The Balaban J connectivity index is 1.03. The van der Waals surface area contributed by atoms with Crippen LogP contribution in [0.15, 0.2) is 221 Å². The van der Waals surface area contributed by atoms with Gasteiger partial charge in [-0.1, -0.05) is 178 Å². The topological polar surface area (TPSA) is 29.5 Å². The Bertz CT molecular complexity index is 4040. The van der Waals surface area contributed by atoms with Gasteiger partial charge in [0.25, 0.3) is 0 Å². The molecule has 2 heterocycles. The molecule has 15 rings (SSSR count). The first-order chi connectivity index (χ1) is 33.0. The number of nitrogens with zero attached hydrogens (tertiary/aromatic N) is 1. The van der Waals surface area contributed by atoms with Crippen molar-refractivity contribution < 1.29 is 8.83 Å². The summed E-state index contributed by atoms with van der Waals surface area (Å²) >= 11 is 0. The van der Waals surface area contributed by atoms with E-state index in [2.05, 4.69) is 231 Å². The van der Waals surface area contributed by atoms with Crippen LogP contribution in [-0.4, -0.2) is 0 Å². The average molecular weight is 856 g/mol. The molecule has 67 heavy (non-hydrogen) atoms. The van der Waals surface area contributed by atoms with E-state index in [1.165, 1.54) is 66.8 Å². The van der Waals surface area contributed by atoms with Gasteiger partial charge in [-0.15, -0.1) is 0 Å². The summed E-state index contributed by atoms with van der Waals surface area (Å²) in [5, 5.41) is 4.19. The van der Waals surface area contributed by atoms with Crippen LogP contribution in [-0.2, 0) is 10.8 Å². The molecular weight excluding hydrogens is 815 g/mol. The molecule has 12 aromatic rings. The molecule has 3 nitrogen and oxygen atoms in total. The van der Waals surface area contributed by atoms with E-state index in [1.807, 2.05) is 0 Å². The first-order valence-corrected chi connectivity index (χ1v) is 23.3. The van der Waals surface area contributed by atoms with Crippen LogP contribution < -0.4 is 4.90 Å². The van der Waals surface area contributed by atoms with Crippen molar-refractivity contribution in [2.45, 2.75) is 24.7 Å². The van der Waals surface area contributed by atoms with E-state index in [0.29, 0.717) is 0 Å². The fraction of sp³-hybridized carbons (Fsp3) is 0.0625. The Kier molecular flexibility index (Phi) is 7.22. The molecule has 3 aliphatic carbocycles. The lowest BCUT2D eigenvalue weighted by Crippen LogP contribution is -2.26. The van der Waals surface area contributed by atoms with Crippen LogP contribution in [0, 0.1) is 0 Å². The molecule has 314 valence electrons. The minimum atomic E-state index is -0.484. The van der Waals surface area contributed by atoms with Crippen LogP contribution >= 0.6 is 0 Å². The summed E-state index contributed by atoms with van der Waals surface area (Å²) in [6, 6.07) is 78.1. The number of rotatable bonds is 4. The molecule has 0 unspecified atom stereocenters. The first kappa shape index (κ1) is 36.9. The quantitative estimate of drug-likeness (QED) is 0.177. The van der Waals surface area contributed by atoms with Crippen LogP contribution in [0.25, 0.3) is 88.4 Å². The lowest BCUT2D eigenvalue weighted by Gasteiger charge is -2.32. The second-order valence-electron chi connectivity index (χ2n) is 19.1. The van der Waals surface area contributed by atoms with E-state index < -0.39 is 5.41 Å². The molecule has 0 atom stereocenters. The normalized spacial score (nSPS) is 14.4. The van der Waals surface area contributed by atoms with E-state index >= 15 is 0 Å². The van der Waals surface area contributed by atoms with Crippen LogP contribution in [0.3, 0.4) is 0 Å². The zero-order chi connectivity index (χ0) is 44.2. The Labute approximate surface area is 387 Å². The van der Waals surface area contributed by atoms with Crippen LogP contribution in [0.1, 0.15) is 47.2 Å². The van der Waals surface area contributed by atoms with Crippen molar-refractivity contribution in [3.63, 3.8) is 0 Å². The second-order valence-corrected chi connectivity index (χ2v) is 19.1. The van der Waals surface area contributed by atoms with Crippen molar-refractivity contribution in [3.05, 3.63) is 246 Å². The maximum Gasteiger partial charge on any atom is 0.137 e. The van der Waals surface area contributed by atoms with Crippen LogP contribution in [0.2, 0.25) is 0 Å². The van der Waals surface area contributed by atoms with E-state index in [0.717, 1.165) is 72.1 Å². The van der Waals surface area contributed by atoms with Gasteiger partial charge < -0.3 is 13.7 Å². The van der Waals surface area contributed by atoms with Crippen molar-refractivity contribution >= 4 is 60.9 Å². The van der Waals surface area contributed by atoms with Gasteiger partial charge in [0.1, 0.15) is 22.3 Å². The Hall–Kier alpha value is -8.40. The van der Waals surface area contributed by atoms with Gasteiger partial charge in [-0.05, 0) is 121 Å². The Morgan fingerprint density at radius 3 is 1.54 bits per heavy atom. The monoisotopic (exact) mass is 855 g/mol. The predicted molar refractivity (Wildman–Crippen MR) is 275 cm³/mol. The molecule has 0 amide bonds. The number of hydrogen-bond acceptors (Lipinski definition) is 3. The van der Waals surface area contributed by atoms with Crippen molar-refractivity contribution in [1.29, 1.82) is 0 Å². The van der Waals surface area contributed by atoms with Gasteiger partial charge in [-0.3, -0.25) is 0 Å². The summed E-state index contributed by atoms with van der Waals surface area (Å²) in [5.41, 5.74) is 23.9. The molecule has 1 spiro atoms. The molecule has 0 saturated heterocycles. The summed E-state index contributed by atoms with van der Waals surface area (Å²) in [6.45, 7) is 4.74.